The van der Waals surface area contributed by atoms with E-state index in [0.29, 0.717) is 13.2 Å². The lowest BCUT2D eigenvalue weighted by Gasteiger charge is -2.22. The third-order valence-corrected chi connectivity index (χ3v) is 4.97. The second-order valence-corrected chi connectivity index (χ2v) is 6.26. The van der Waals surface area contributed by atoms with Crippen molar-refractivity contribution in [3.8, 4) is 11.5 Å². The van der Waals surface area contributed by atoms with Gasteiger partial charge in [0.15, 0.2) is 11.5 Å². The molecule has 0 saturated heterocycles. The maximum Gasteiger partial charge on any atom is 0.162 e. The number of fused-ring (bicyclic) bond motifs is 1. The van der Waals surface area contributed by atoms with Gasteiger partial charge in [-0.15, -0.1) is 11.3 Å². The first-order valence-corrected chi connectivity index (χ1v) is 7.72. The molecule has 2 heterocycles. The highest BCUT2D eigenvalue weighted by atomic mass is 79.9. The Balaban J connectivity index is 2.03. The summed E-state index contributed by atoms with van der Waals surface area (Å²) in [4.78, 5) is 1.18. The molecule has 100 valence electrons. The van der Waals surface area contributed by atoms with E-state index < -0.39 is 0 Å². The molecule has 0 fully saturated rings. The van der Waals surface area contributed by atoms with Crippen LogP contribution in [0.5, 0.6) is 11.5 Å². The Morgan fingerprint density at radius 2 is 1.95 bits per heavy atom. The summed E-state index contributed by atoms with van der Waals surface area (Å²) in [5.41, 5.74) is 8.62. The highest BCUT2D eigenvalue weighted by Gasteiger charge is 2.20. The number of halogens is 1. The second kappa shape index (κ2) is 5.15. The average molecular weight is 340 g/mol. The molecule has 1 aliphatic heterocycles. The van der Waals surface area contributed by atoms with Crippen molar-refractivity contribution in [2.75, 3.05) is 13.2 Å². The minimum Gasteiger partial charge on any atom is -0.486 e. The van der Waals surface area contributed by atoms with Crippen LogP contribution in [-0.4, -0.2) is 13.2 Å². The summed E-state index contributed by atoms with van der Waals surface area (Å²) in [5, 5.41) is 2.07. The van der Waals surface area contributed by atoms with Crippen LogP contribution in [0.3, 0.4) is 0 Å². The lowest BCUT2D eigenvalue weighted by atomic mass is 10.0. The Labute approximate surface area is 124 Å². The molecule has 0 aliphatic carbocycles. The quantitative estimate of drug-likeness (QED) is 0.908. The van der Waals surface area contributed by atoms with Crippen molar-refractivity contribution in [2.45, 2.75) is 13.0 Å². The fraction of sp³-hybridized carbons (Fsp3) is 0.286. The van der Waals surface area contributed by atoms with Crippen molar-refractivity contribution in [3.05, 3.63) is 44.1 Å². The van der Waals surface area contributed by atoms with Crippen LogP contribution in [0.2, 0.25) is 0 Å². The summed E-state index contributed by atoms with van der Waals surface area (Å²) >= 11 is 5.26. The van der Waals surface area contributed by atoms with Gasteiger partial charge in [0.25, 0.3) is 0 Å². The fourth-order valence-electron chi connectivity index (χ4n) is 2.16. The number of thiophene rings is 1. The van der Waals surface area contributed by atoms with Crippen LogP contribution in [0.25, 0.3) is 0 Å². The molecular formula is C14H14BrNO2S. The number of hydrogen-bond donors (Lipinski definition) is 1. The number of aryl methyl sites for hydroxylation is 1. The number of ether oxygens (including phenoxy) is 2. The maximum atomic E-state index is 6.38. The molecule has 1 aromatic carbocycles. The molecular weight excluding hydrogens is 326 g/mol. The lowest BCUT2D eigenvalue weighted by molar-refractivity contribution is 0.171. The van der Waals surface area contributed by atoms with E-state index in [1.165, 1.54) is 10.4 Å². The van der Waals surface area contributed by atoms with Gasteiger partial charge in [-0.25, -0.2) is 0 Å². The van der Waals surface area contributed by atoms with Crippen LogP contribution in [0.1, 0.15) is 22.0 Å². The third-order valence-electron chi connectivity index (χ3n) is 3.18. The van der Waals surface area contributed by atoms with Gasteiger partial charge in [-0.05, 0) is 41.6 Å². The van der Waals surface area contributed by atoms with Crippen LogP contribution in [0.4, 0.5) is 0 Å². The molecule has 0 spiro atoms. The van der Waals surface area contributed by atoms with Gasteiger partial charge < -0.3 is 15.2 Å². The van der Waals surface area contributed by atoms with Gasteiger partial charge in [0.2, 0.25) is 0 Å². The monoisotopic (exact) mass is 339 g/mol. The molecule has 1 aliphatic rings. The third kappa shape index (κ3) is 2.38. The summed E-state index contributed by atoms with van der Waals surface area (Å²) < 4.78 is 12.1. The van der Waals surface area contributed by atoms with Gasteiger partial charge in [0.1, 0.15) is 13.2 Å². The van der Waals surface area contributed by atoms with Gasteiger partial charge >= 0.3 is 0 Å². The zero-order valence-corrected chi connectivity index (χ0v) is 12.9. The molecule has 1 unspecified atom stereocenters. The molecule has 0 bridgehead atoms. The lowest BCUT2D eigenvalue weighted by Crippen LogP contribution is -2.17. The van der Waals surface area contributed by atoms with Gasteiger partial charge in [-0.2, -0.15) is 0 Å². The SMILES string of the molecule is Cc1ccsc1C(N)c1cc2c(cc1Br)OCCO2. The largest absolute Gasteiger partial charge is 0.486 e. The predicted octanol–water partition coefficient (Wildman–Crippen LogP) is 3.64. The average Bonchev–Trinajstić information content (AvgIpc) is 2.83. The highest BCUT2D eigenvalue weighted by molar-refractivity contribution is 9.10. The molecule has 2 aromatic rings. The van der Waals surface area contributed by atoms with E-state index in [4.69, 9.17) is 15.2 Å². The van der Waals surface area contributed by atoms with Gasteiger partial charge in [0.05, 0.1) is 6.04 Å². The Kier molecular flexibility index (Phi) is 3.52. The van der Waals surface area contributed by atoms with Crippen LogP contribution in [0, 0.1) is 6.92 Å². The summed E-state index contributed by atoms with van der Waals surface area (Å²) in [6.45, 7) is 3.26. The predicted molar refractivity (Wildman–Crippen MR) is 80.2 cm³/mol. The normalized spacial score (nSPS) is 15.3. The molecule has 19 heavy (non-hydrogen) atoms. The number of nitrogens with two attached hydrogens (primary N) is 1. The van der Waals surface area contributed by atoms with E-state index in [1.807, 2.05) is 12.1 Å². The molecule has 1 atom stereocenters. The Bertz CT molecular complexity index is 611. The summed E-state index contributed by atoms with van der Waals surface area (Å²) in [6, 6.07) is 5.85. The first kappa shape index (κ1) is 13.0. The smallest absolute Gasteiger partial charge is 0.162 e. The van der Waals surface area contributed by atoms with Crippen molar-refractivity contribution in [2.24, 2.45) is 5.73 Å². The molecule has 1 aromatic heterocycles. The fourth-order valence-corrected chi connectivity index (χ4v) is 3.68. The number of hydrogen-bond acceptors (Lipinski definition) is 4. The minimum atomic E-state index is -0.148. The van der Waals surface area contributed by atoms with Crippen molar-refractivity contribution in [3.63, 3.8) is 0 Å². The maximum absolute atomic E-state index is 6.38. The number of rotatable bonds is 2. The first-order chi connectivity index (χ1) is 9.16. The molecule has 0 amide bonds. The first-order valence-electron chi connectivity index (χ1n) is 6.05. The van der Waals surface area contributed by atoms with E-state index in [1.54, 1.807) is 11.3 Å². The van der Waals surface area contributed by atoms with E-state index >= 15 is 0 Å². The van der Waals surface area contributed by atoms with E-state index in [-0.39, 0.29) is 6.04 Å². The van der Waals surface area contributed by atoms with E-state index in [2.05, 4.69) is 34.3 Å². The van der Waals surface area contributed by atoms with Crippen LogP contribution >= 0.6 is 27.3 Å². The Morgan fingerprint density at radius 1 is 1.26 bits per heavy atom. The van der Waals surface area contributed by atoms with E-state index in [0.717, 1.165) is 21.5 Å². The van der Waals surface area contributed by atoms with Gasteiger partial charge in [-0.3, -0.25) is 0 Å². The summed E-state index contributed by atoms with van der Waals surface area (Å²) in [5.74, 6) is 1.55. The molecule has 2 N–H and O–H groups in total. The van der Waals surface area contributed by atoms with Gasteiger partial charge in [0, 0.05) is 9.35 Å². The summed E-state index contributed by atoms with van der Waals surface area (Å²) in [6.07, 6.45) is 0. The zero-order valence-electron chi connectivity index (χ0n) is 10.5. The molecule has 5 heteroatoms. The molecule has 3 nitrogen and oxygen atoms in total. The second-order valence-electron chi connectivity index (χ2n) is 4.46. The van der Waals surface area contributed by atoms with Crippen LogP contribution in [0.15, 0.2) is 28.1 Å². The summed E-state index contributed by atoms with van der Waals surface area (Å²) in [7, 11) is 0. The Hall–Kier alpha value is -1.04. The Morgan fingerprint density at radius 3 is 2.58 bits per heavy atom. The molecule has 0 saturated carbocycles. The standard InChI is InChI=1S/C14H14BrNO2S/c1-8-2-5-19-14(8)13(16)9-6-11-12(7-10(9)15)18-4-3-17-11/h2,5-7,13H,3-4,16H2,1H3. The zero-order chi connectivity index (χ0) is 13.4. The minimum absolute atomic E-state index is 0.148. The van der Waals surface area contributed by atoms with E-state index in [9.17, 15) is 0 Å². The van der Waals surface area contributed by atoms with Crippen molar-refractivity contribution in [1.29, 1.82) is 0 Å². The van der Waals surface area contributed by atoms with Gasteiger partial charge in [-0.1, -0.05) is 15.9 Å². The number of benzene rings is 1. The molecule has 0 radical (unpaired) electrons. The van der Waals surface area contributed by atoms with Crippen molar-refractivity contribution < 1.29 is 9.47 Å². The van der Waals surface area contributed by atoms with Crippen LogP contribution < -0.4 is 15.2 Å². The topological polar surface area (TPSA) is 44.5 Å². The molecule has 3 rings (SSSR count). The van der Waals surface area contributed by atoms with Crippen molar-refractivity contribution in [1.82, 2.24) is 0 Å². The highest BCUT2D eigenvalue weighted by Crippen LogP contribution is 2.40. The van der Waals surface area contributed by atoms with Crippen molar-refractivity contribution >= 4 is 27.3 Å². The van der Waals surface area contributed by atoms with Crippen LogP contribution in [-0.2, 0) is 0 Å².